The zero-order chi connectivity index (χ0) is 15.0. The number of nitrogens with zero attached hydrogens (tertiary/aromatic N) is 2. The molecular formula is C17H23N3O. The minimum absolute atomic E-state index is 0.261. The number of aromatic nitrogens is 2. The number of rotatable bonds is 3. The van der Waals surface area contributed by atoms with Crippen molar-refractivity contribution in [3.05, 3.63) is 35.5 Å². The van der Waals surface area contributed by atoms with Gasteiger partial charge in [0.25, 0.3) is 0 Å². The van der Waals surface area contributed by atoms with Crippen LogP contribution in [0.1, 0.15) is 50.3 Å². The standard InChI is InChI=1S/C17H23N3O/c1-5-18-14-8-17(3,4)9-15-13(14)10-19-16(20-15)12-6-7-21-11(12)2/h6-7,10,14,18H,5,8-9H2,1-4H3. The predicted molar refractivity (Wildman–Crippen MR) is 83.0 cm³/mol. The van der Waals surface area contributed by atoms with Gasteiger partial charge in [-0.3, -0.25) is 0 Å². The van der Waals surface area contributed by atoms with Crippen molar-refractivity contribution >= 4 is 0 Å². The van der Waals surface area contributed by atoms with Crippen molar-refractivity contribution in [1.29, 1.82) is 0 Å². The molecule has 2 aromatic rings. The Bertz CT molecular complexity index is 645. The highest BCUT2D eigenvalue weighted by atomic mass is 16.3. The van der Waals surface area contributed by atoms with Crippen molar-refractivity contribution in [2.75, 3.05) is 6.54 Å². The van der Waals surface area contributed by atoms with E-state index in [1.165, 1.54) is 11.3 Å². The molecule has 2 heterocycles. The first-order chi connectivity index (χ1) is 10.00. The molecule has 0 saturated carbocycles. The molecule has 4 nitrogen and oxygen atoms in total. The second-order valence-electron chi connectivity index (χ2n) is 6.64. The van der Waals surface area contributed by atoms with Gasteiger partial charge in [-0.05, 0) is 37.8 Å². The number of hydrogen-bond donors (Lipinski definition) is 1. The third-order valence-electron chi connectivity index (χ3n) is 4.23. The van der Waals surface area contributed by atoms with E-state index in [0.717, 1.165) is 36.5 Å². The van der Waals surface area contributed by atoms with Crippen LogP contribution in [-0.2, 0) is 6.42 Å². The first-order valence-corrected chi connectivity index (χ1v) is 7.64. The molecule has 4 heteroatoms. The second-order valence-corrected chi connectivity index (χ2v) is 6.64. The van der Waals surface area contributed by atoms with Crippen LogP contribution in [0.25, 0.3) is 11.4 Å². The van der Waals surface area contributed by atoms with Crippen LogP contribution < -0.4 is 5.32 Å². The summed E-state index contributed by atoms with van der Waals surface area (Å²) in [6.45, 7) is 9.67. The molecule has 1 atom stereocenters. The summed E-state index contributed by atoms with van der Waals surface area (Å²) >= 11 is 0. The lowest BCUT2D eigenvalue weighted by Gasteiger charge is -2.36. The maximum absolute atomic E-state index is 5.37. The quantitative estimate of drug-likeness (QED) is 0.935. The molecule has 112 valence electrons. The van der Waals surface area contributed by atoms with Crippen LogP contribution >= 0.6 is 0 Å². The molecule has 0 amide bonds. The normalized spacial score (nSPS) is 20.3. The number of aryl methyl sites for hydroxylation is 1. The van der Waals surface area contributed by atoms with Gasteiger partial charge in [0.15, 0.2) is 5.82 Å². The lowest BCUT2D eigenvalue weighted by Crippen LogP contribution is -2.34. The highest BCUT2D eigenvalue weighted by molar-refractivity contribution is 5.57. The molecule has 3 rings (SSSR count). The highest BCUT2D eigenvalue weighted by Crippen LogP contribution is 2.40. The first kappa shape index (κ1) is 14.3. The van der Waals surface area contributed by atoms with Crippen LogP contribution in [0.4, 0.5) is 0 Å². The van der Waals surface area contributed by atoms with E-state index in [1.54, 1.807) is 6.26 Å². The number of nitrogens with one attached hydrogen (secondary N) is 1. The van der Waals surface area contributed by atoms with Gasteiger partial charge in [-0.2, -0.15) is 0 Å². The van der Waals surface area contributed by atoms with Gasteiger partial charge in [-0.1, -0.05) is 20.8 Å². The smallest absolute Gasteiger partial charge is 0.162 e. The summed E-state index contributed by atoms with van der Waals surface area (Å²) in [6.07, 6.45) is 5.81. The minimum atomic E-state index is 0.261. The van der Waals surface area contributed by atoms with E-state index in [1.807, 2.05) is 19.2 Å². The molecular weight excluding hydrogens is 262 g/mol. The Balaban J connectivity index is 2.03. The first-order valence-electron chi connectivity index (χ1n) is 7.64. The van der Waals surface area contributed by atoms with E-state index in [2.05, 4.69) is 31.1 Å². The van der Waals surface area contributed by atoms with Crippen molar-refractivity contribution in [2.45, 2.75) is 46.6 Å². The third-order valence-corrected chi connectivity index (χ3v) is 4.23. The Labute approximate surface area is 126 Å². The summed E-state index contributed by atoms with van der Waals surface area (Å²) in [7, 11) is 0. The lowest BCUT2D eigenvalue weighted by atomic mass is 9.74. The summed E-state index contributed by atoms with van der Waals surface area (Å²) in [5.41, 5.74) is 3.67. The number of fused-ring (bicyclic) bond motifs is 1. The summed E-state index contributed by atoms with van der Waals surface area (Å²) in [4.78, 5) is 9.40. The Morgan fingerprint density at radius 2 is 2.24 bits per heavy atom. The molecule has 0 aliphatic heterocycles. The van der Waals surface area contributed by atoms with Crippen LogP contribution in [0, 0.1) is 12.3 Å². The van der Waals surface area contributed by atoms with E-state index >= 15 is 0 Å². The summed E-state index contributed by atoms with van der Waals surface area (Å²) in [6, 6.07) is 2.29. The molecule has 0 aromatic carbocycles. The molecule has 0 spiro atoms. The minimum Gasteiger partial charge on any atom is -0.469 e. The van der Waals surface area contributed by atoms with Gasteiger partial charge in [-0.15, -0.1) is 0 Å². The van der Waals surface area contributed by atoms with E-state index in [0.29, 0.717) is 6.04 Å². The van der Waals surface area contributed by atoms with E-state index in [-0.39, 0.29) is 5.41 Å². The lowest BCUT2D eigenvalue weighted by molar-refractivity contribution is 0.255. The second kappa shape index (κ2) is 5.26. The van der Waals surface area contributed by atoms with Crippen molar-refractivity contribution in [3.63, 3.8) is 0 Å². The largest absolute Gasteiger partial charge is 0.469 e. The van der Waals surface area contributed by atoms with Gasteiger partial charge in [0.05, 0.1) is 11.8 Å². The topological polar surface area (TPSA) is 51.0 Å². The van der Waals surface area contributed by atoms with Crippen molar-refractivity contribution < 1.29 is 4.42 Å². The van der Waals surface area contributed by atoms with Crippen molar-refractivity contribution in [3.8, 4) is 11.4 Å². The third kappa shape index (κ3) is 2.72. The van der Waals surface area contributed by atoms with Gasteiger partial charge in [-0.25, -0.2) is 9.97 Å². The van der Waals surface area contributed by atoms with Gasteiger partial charge in [0.2, 0.25) is 0 Å². The molecule has 1 aliphatic carbocycles. The van der Waals surface area contributed by atoms with Gasteiger partial charge < -0.3 is 9.73 Å². The van der Waals surface area contributed by atoms with Crippen molar-refractivity contribution in [2.24, 2.45) is 5.41 Å². The van der Waals surface area contributed by atoms with Gasteiger partial charge in [0, 0.05) is 23.5 Å². The van der Waals surface area contributed by atoms with Crippen LogP contribution in [0.5, 0.6) is 0 Å². The molecule has 1 aliphatic rings. The summed E-state index contributed by atoms with van der Waals surface area (Å²) in [5, 5.41) is 3.56. The van der Waals surface area contributed by atoms with Crippen LogP contribution in [0.3, 0.4) is 0 Å². The van der Waals surface area contributed by atoms with E-state index in [4.69, 9.17) is 9.40 Å². The molecule has 0 saturated heterocycles. The highest BCUT2D eigenvalue weighted by Gasteiger charge is 2.33. The maximum Gasteiger partial charge on any atom is 0.162 e. The van der Waals surface area contributed by atoms with Crippen LogP contribution in [-0.4, -0.2) is 16.5 Å². The molecule has 1 unspecified atom stereocenters. The fourth-order valence-electron chi connectivity index (χ4n) is 3.22. The zero-order valence-corrected chi connectivity index (χ0v) is 13.2. The average Bonchev–Trinajstić information content (AvgIpc) is 2.83. The van der Waals surface area contributed by atoms with E-state index in [9.17, 15) is 0 Å². The van der Waals surface area contributed by atoms with Gasteiger partial charge in [0.1, 0.15) is 5.76 Å². The fourth-order valence-corrected chi connectivity index (χ4v) is 3.22. The van der Waals surface area contributed by atoms with Crippen LogP contribution in [0.15, 0.2) is 22.9 Å². The predicted octanol–water partition coefficient (Wildman–Crippen LogP) is 3.67. The van der Waals surface area contributed by atoms with E-state index < -0.39 is 0 Å². The molecule has 2 aromatic heterocycles. The summed E-state index contributed by atoms with van der Waals surface area (Å²) in [5.74, 6) is 1.64. The molecule has 0 fully saturated rings. The zero-order valence-electron chi connectivity index (χ0n) is 13.2. The van der Waals surface area contributed by atoms with Crippen molar-refractivity contribution in [1.82, 2.24) is 15.3 Å². The number of hydrogen-bond acceptors (Lipinski definition) is 4. The monoisotopic (exact) mass is 285 g/mol. The fraction of sp³-hybridized carbons (Fsp3) is 0.529. The SMILES string of the molecule is CCNC1CC(C)(C)Cc2nc(-c3ccoc3C)ncc21. The Morgan fingerprint density at radius 1 is 1.43 bits per heavy atom. The number of furan rings is 1. The Hall–Kier alpha value is -1.68. The summed E-state index contributed by atoms with van der Waals surface area (Å²) < 4.78 is 5.37. The molecule has 0 bridgehead atoms. The molecule has 21 heavy (non-hydrogen) atoms. The molecule has 1 N–H and O–H groups in total. The van der Waals surface area contributed by atoms with Gasteiger partial charge >= 0.3 is 0 Å². The Morgan fingerprint density at radius 3 is 2.90 bits per heavy atom. The Kier molecular flexibility index (Phi) is 3.57. The van der Waals surface area contributed by atoms with Crippen LogP contribution in [0.2, 0.25) is 0 Å². The maximum atomic E-state index is 5.37. The molecule has 0 radical (unpaired) electrons. The average molecular weight is 285 g/mol.